The zero-order valence-electron chi connectivity index (χ0n) is 10.1. The van der Waals surface area contributed by atoms with Crippen LogP contribution >= 0.6 is 11.6 Å². The standard InChI is InChI=1S/C14H14ClNO2/c1-18-14(17)9-2-4-12-7-10-6-11(15)3-5-13(10)16(12)8-9/h3,5-7,9H,2,4,8H2,1H3. The quantitative estimate of drug-likeness (QED) is 0.741. The van der Waals surface area contributed by atoms with Crippen LogP contribution < -0.4 is 0 Å². The lowest BCUT2D eigenvalue weighted by Gasteiger charge is -2.23. The SMILES string of the molecule is COC(=O)C1CCc2cc3cc(Cl)ccc3n2C1. The van der Waals surface area contributed by atoms with Gasteiger partial charge in [0.2, 0.25) is 0 Å². The molecule has 0 amide bonds. The molecule has 1 aromatic carbocycles. The highest BCUT2D eigenvalue weighted by Crippen LogP contribution is 2.29. The van der Waals surface area contributed by atoms with Crippen LogP contribution in [0.2, 0.25) is 5.02 Å². The van der Waals surface area contributed by atoms with E-state index in [4.69, 9.17) is 16.3 Å². The third-order valence-electron chi connectivity index (χ3n) is 3.64. The van der Waals surface area contributed by atoms with Gasteiger partial charge in [0.15, 0.2) is 0 Å². The summed E-state index contributed by atoms with van der Waals surface area (Å²) in [5.41, 5.74) is 2.41. The summed E-state index contributed by atoms with van der Waals surface area (Å²) in [6.45, 7) is 0.702. The van der Waals surface area contributed by atoms with E-state index in [1.807, 2.05) is 18.2 Å². The average molecular weight is 264 g/mol. The maximum Gasteiger partial charge on any atom is 0.310 e. The van der Waals surface area contributed by atoms with E-state index in [1.54, 1.807) is 0 Å². The van der Waals surface area contributed by atoms with Crippen molar-refractivity contribution in [2.45, 2.75) is 19.4 Å². The number of carbonyl (C=O) groups excluding carboxylic acids is 1. The first kappa shape index (κ1) is 11.6. The van der Waals surface area contributed by atoms with Crippen molar-refractivity contribution in [2.24, 2.45) is 5.92 Å². The molecule has 1 aliphatic heterocycles. The van der Waals surface area contributed by atoms with E-state index in [2.05, 4.69) is 10.6 Å². The van der Waals surface area contributed by atoms with Gasteiger partial charge in [-0.25, -0.2) is 0 Å². The Morgan fingerprint density at radius 3 is 3.06 bits per heavy atom. The van der Waals surface area contributed by atoms with E-state index in [9.17, 15) is 4.79 Å². The molecule has 1 aliphatic rings. The molecule has 0 aliphatic carbocycles. The lowest BCUT2D eigenvalue weighted by molar-refractivity contribution is -0.146. The van der Waals surface area contributed by atoms with Gasteiger partial charge in [-0.3, -0.25) is 4.79 Å². The lowest BCUT2D eigenvalue weighted by atomic mass is 9.98. The highest BCUT2D eigenvalue weighted by molar-refractivity contribution is 6.31. The molecule has 1 atom stereocenters. The summed E-state index contributed by atoms with van der Waals surface area (Å²) in [5.74, 6) is -0.148. The molecule has 0 saturated carbocycles. The topological polar surface area (TPSA) is 31.2 Å². The molecular weight excluding hydrogens is 250 g/mol. The molecular formula is C14H14ClNO2. The van der Waals surface area contributed by atoms with Crippen LogP contribution in [0, 0.1) is 5.92 Å². The minimum Gasteiger partial charge on any atom is -0.469 e. The van der Waals surface area contributed by atoms with Gasteiger partial charge in [0, 0.05) is 28.2 Å². The van der Waals surface area contributed by atoms with E-state index in [1.165, 1.54) is 12.8 Å². The molecule has 1 unspecified atom stereocenters. The molecule has 0 radical (unpaired) electrons. The van der Waals surface area contributed by atoms with Crippen LogP contribution in [0.4, 0.5) is 0 Å². The third kappa shape index (κ3) is 1.79. The summed E-state index contributed by atoms with van der Waals surface area (Å²) in [7, 11) is 1.45. The smallest absolute Gasteiger partial charge is 0.310 e. The number of aromatic nitrogens is 1. The van der Waals surface area contributed by atoms with E-state index in [-0.39, 0.29) is 11.9 Å². The van der Waals surface area contributed by atoms with Crippen LogP contribution in [0.25, 0.3) is 10.9 Å². The van der Waals surface area contributed by atoms with Gasteiger partial charge in [0.1, 0.15) is 0 Å². The van der Waals surface area contributed by atoms with Gasteiger partial charge in [-0.1, -0.05) is 11.6 Å². The molecule has 0 saturated heterocycles. The number of nitrogens with zero attached hydrogens (tertiary/aromatic N) is 1. The summed E-state index contributed by atoms with van der Waals surface area (Å²) in [6, 6.07) is 8.03. The molecule has 0 N–H and O–H groups in total. The predicted octanol–water partition coefficient (Wildman–Crippen LogP) is 3.03. The maximum atomic E-state index is 11.6. The second-order valence-corrected chi connectivity index (χ2v) is 5.14. The molecule has 2 heterocycles. The van der Waals surface area contributed by atoms with Crippen molar-refractivity contribution in [3.8, 4) is 0 Å². The average Bonchev–Trinajstić information content (AvgIpc) is 2.74. The van der Waals surface area contributed by atoms with Gasteiger partial charge in [0.25, 0.3) is 0 Å². The number of halogens is 1. The molecule has 2 aromatic rings. The van der Waals surface area contributed by atoms with Crippen molar-refractivity contribution in [2.75, 3.05) is 7.11 Å². The van der Waals surface area contributed by atoms with Crippen molar-refractivity contribution >= 4 is 28.5 Å². The molecule has 0 fully saturated rings. The number of methoxy groups -OCH3 is 1. The number of fused-ring (bicyclic) bond motifs is 3. The first-order chi connectivity index (χ1) is 8.69. The molecule has 1 aromatic heterocycles. The Kier molecular flexibility index (Phi) is 2.78. The number of carbonyl (C=O) groups is 1. The van der Waals surface area contributed by atoms with Crippen LogP contribution in [-0.2, 0) is 22.5 Å². The van der Waals surface area contributed by atoms with E-state index in [0.29, 0.717) is 6.54 Å². The van der Waals surface area contributed by atoms with Gasteiger partial charge >= 0.3 is 5.97 Å². The Labute approximate surface area is 110 Å². The molecule has 3 rings (SSSR count). The number of ether oxygens (including phenoxy) is 1. The summed E-state index contributed by atoms with van der Waals surface area (Å²) < 4.78 is 7.04. The van der Waals surface area contributed by atoms with E-state index < -0.39 is 0 Å². The minimum atomic E-state index is -0.114. The lowest BCUT2D eigenvalue weighted by Crippen LogP contribution is -2.27. The summed E-state index contributed by atoms with van der Waals surface area (Å²) >= 11 is 6.00. The molecule has 94 valence electrons. The predicted molar refractivity (Wildman–Crippen MR) is 70.8 cm³/mol. The van der Waals surface area contributed by atoms with Gasteiger partial charge in [0.05, 0.1) is 13.0 Å². The molecule has 0 bridgehead atoms. The Morgan fingerprint density at radius 1 is 1.44 bits per heavy atom. The van der Waals surface area contributed by atoms with Crippen LogP contribution in [0.3, 0.4) is 0 Å². The Bertz CT molecular complexity index is 618. The maximum absolute atomic E-state index is 11.6. The second-order valence-electron chi connectivity index (χ2n) is 4.71. The van der Waals surface area contributed by atoms with Gasteiger partial charge in [-0.15, -0.1) is 0 Å². The van der Waals surface area contributed by atoms with Crippen molar-refractivity contribution in [1.29, 1.82) is 0 Å². The second kappa shape index (κ2) is 4.32. The number of rotatable bonds is 1. The third-order valence-corrected chi connectivity index (χ3v) is 3.87. The highest BCUT2D eigenvalue weighted by atomic mass is 35.5. The van der Waals surface area contributed by atoms with E-state index >= 15 is 0 Å². The number of esters is 1. The summed E-state index contributed by atoms with van der Waals surface area (Å²) in [5, 5.41) is 1.89. The monoisotopic (exact) mass is 263 g/mol. The van der Waals surface area contributed by atoms with Crippen molar-refractivity contribution < 1.29 is 9.53 Å². The molecule has 0 spiro atoms. The van der Waals surface area contributed by atoms with Crippen LogP contribution in [0.15, 0.2) is 24.3 Å². The Hall–Kier alpha value is -1.48. The number of benzene rings is 1. The van der Waals surface area contributed by atoms with Crippen molar-refractivity contribution in [1.82, 2.24) is 4.57 Å². The zero-order valence-corrected chi connectivity index (χ0v) is 10.9. The Balaban J connectivity index is 2.04. The number of hydrogen-bond acceptors (Lipinski definition) is 2. The van der Waals surface area contributed by atoms with Gasteiger partial charge in [-0.2, -0.15) is 0 Å². The first-order valence-electron chi connectivity index (χ1n) is 6.04. The zero-order chi connectivity index (χ0) is 12.7. The molecule has 4 heteroatoms. The fourth-order valence-electron chi connectivity index (χ4n) is 2.71. The minimum absolute atomic E-state index is 0.0335. The molecule has 18 heavy (non-hydrogen) atoms. The first-order valence-corrected chi connectivity index (χ1v) is 6.42. The van der Waals surface area contributed by atoms with Gasteiger partial charge < -0.3 is 9.30 Å². The van der Waals surface area contributed by atoms with Crippen LogP contribution in [0.1, 0.15) is 12.1 Å². The fourth-order valence-corrected chi connectivity index (χ4v) is 2.90. The summed E-state index contributed by atoms with van der Waals surface area (Å²) in [4.78, 5) is 11.6. The van der Waals surface area contributed by atoms with Gasteiger partial charge in [-0.05, 0) is 37.1 Å². The number of aryl methyl sites for hydroxylation is 1. The van der Waals surface area contributed by atoms with Crippen molar-refractivity contribution in [3.63, 3.8) is 0 Å². The number of hydrogen-bond donors (Lipinski definition) is 0. The highest BCUT2D eigenvalue weighted by Gasteiger charge is 2.26. The fraction of sp³-hybridized carbons (Fsp3) is 0.357. The summed E-state index contributed by atoms with van der Waals surface area (Å²) in [6.07, 6.45) is 1.77. The van der Waals surface area contributed by atoms with Crippen LogP contribution in [0.5, 0.6) is 0 Å². The largest absolute Gasteiger partial charge is 0.469 e. The molecule has 3 nitrogen and oxygen atoms in total. The van der Waals surface area contributed by atoms with Crippen LogP contribution in [-0.4, -0.2) is 17.6 Å². The van der Waals surface area contributed by atoms with Crippen molar-refractivity contribution in [3.05, 3.63) is 35.0 Å². The Morgan fingerprint density at radius 2 is 2.28 bits per heavy atom. The normalized spacial score (nSPS) is 18.7. The van der Waals surface area contributed by atoms with E-state index in [0.717, 1.165) is 28.8 Å².